The molecule has 0 bridgehead atoms. The average Bonchev–Trinajstić information content (AvgIpc) is 2.21. The van der Waals surface area contributed by atoms with Crippen molar-refractivity contribution in [3.63, 3.8) is 0 Å². The van der Waals surface area contributed by atoms with E-state index in [0.29, 0.717) is 5.04 Å². The van der Waals surface area contributed by atoms with Crippen molar-refractivity contribution in [2.24, 2.45) is 0 Å². The molecule has 17 heavy (non-hydrogen) atoms. The minimum absolute atomic E-state index is 0.296. The van der Waals surface area contributed by atoms with E-state index in [4.69, 9.17) is 9.69 Å². The molecule has 0 rings (SSSR count). The van der Waals surface area contributed by atoms with Crippen LogP contribution in [0.5, 0.6) is 0 Å². The zero-order valence-electron chi connectivity index (χ0n) is 12.3. The first-order valence-corrected chi connectivity index (χ1v) is 9.32. The Balaban J connectivity index is 3.77. The Morgan fingerprint density at radius 2 is 1.88 bits per heavy atom. The predicted molar refractivity (Wildman–Crippen MR) is 76.4 cm³/mol. The fourth-order valence-electron chi connectivity index (χ4n) is 1.15. The molecule has 0 amide bonds. The van der Waals surface area contributed by atoms with Gasteiger partial charge in [-0.15, -0.1) is 0 Å². The van der Waals surface area contributed by atoms with Crippen LogP contribution in [0.4, 0.5) is 0 Å². The molecule has 0 spiro atoms. The average molecular weight is 253 g/mol. The first-order chi connectivity index (χ1) is 7.70. The summed E-state index contributed by atoms with van der Waals surface area (Å²) in [7, 11) is -1.56. The number of rotatable bonds is 6. The van der Waals surface area contributed by atoms with Crippen molar-refractivity contribution in [2.45, 2.75) is 65.1 Å². The van der Waals surface area contributed by atoms with E-state index in [2.05, 4.69) is 39.9 Å². The standard InChI is InChI=1S/C14H27NOSi/c1-13(12-15)10-8-7-9-11-16-17(5,6)14(2,3)4/h10H,7-9,11H2,1-6H3. The summed E-state index contributed by atoms with van der Waals surface area (Å²) in [4.78, 5) is 0. The number of nitriles is 1. The second-order valence-corrected chi connectivity index (χ2v) is 10.9. The summed E-state index contributed by atoms with van der Waals surface area (Å²) < 4.78 is 6.08. The van der Waals surface area contributed by atoms with Gasteiger partial charge >= 0.3 is 0 Å². The van der Waals surface area contributed by atoms with Crippen LogP contribution < -0.4 is 0 Å². The van der Waals surface area contributed by atoms with E-state index in [1.165, 1.54) is 0 Å². The van der Waals surface area contributed by atoms with Gasteiger partial charge < -0.3 is 4.43 Å². The lowest BCUT2D eigenvalue weighted by Crippen LogP contribution is -2.40. The summed E-state index contributed by atoms with van der Waals surface area (Å²) in [6, 6.07) is 2.14. The smallest absolute Gasteiger partial charge is 0.191 e. The van der Waals surface area contributed by atoms with Crippen LogP contribution in [0, 0.1) is 11.3 Å². The maximum absolute atomic E-state index is 8.60. The topological polar surface area (TPSA) is 33.0 Å². The molecule has 0 fully saturated rings. The van der Waals surface area contributed by atoms with E-state index in [1.54, 1.807) is 0 Å². The Labute approximate surface area is 108 Å². The summed E-state index contributed by atoms with van der Waals surface area (Å²) in [5, 5.41) is 8.89. The molecule has 0 aliphatic heterocycles. The zero-order valence-corrected chi connectivity index (χ0v) is 13.3. The highest BCUT2D eigenvalue weighted by molar-refractivity contribution is 6.74. The van der Waals surface area contributed by atoms with Crippen LogP contribution >= 0.6 is 0 Å². The second kappa shape index (κ2) is 6.98. The zero-order chi connectivity index (χ0) is 13.5. The maximum Gasteiger partial charge on any atom is 0.191 e. The van der Waals surface area contributed by atoms with Crippen LogP contribution in [0.3, 0.4) is 0 Å². The lowest BCUT2D eigenvalue weighted by Gasteiger charge is -2.36. The van der Waals surface area contributed by atoms with E-state index in [9.17, 15) is 0 Å². The molecule has 0 saturated heterocycles. The molecule has 98 valence electrons. The molecular weight excluding hydrogens is 226 g/mol. The van der Waals surface area contributed by atoms with E-state index >= 15 is 0 Å². The first kappa shape index (κ1) is 16.4. The molecule has 0 saturated carbocycles. The molecule has 0 radical (unpaired) electrons. The highest BCUT2D eigenvalue weighted by atomic mass is 28.4. The lowest BCUT2D eigenvalue weighted by molar-refractivity contribution is 0.279. The number of nitrogens with zero attached hydrogens (tertiary/aromatic N) is 1. The van der Waals surface area contributed by atoms with Crippen LogP contribution in [-0.2, 0) is 4.43 Å². The van der Waals surface area contributed by atoms with Crippen molar-refractivity contribution in [2.75, 3.05) is 6.61 Å². The maximum atomic E-state index is 8.60. The van der Waals surface area contributed by atoms with Crippen molar-refractivity contribution < 1.29 is 4.43 Å². The van der Waals surface area contributed by atoms with Gasteiger partial charge in [-0.3, -0.25) is 0 Å². The third-order valence-corrected chi connectivity index (χ3v) is 8.03. The third-order valence-electron chi connectivity index (χ3n) is 3.49. The third kappa shape index (κ3) is 6.65. The summed E-state index contributed by atoms with van der Waals surface area (Å²) >= 11 is 0. The molecule has 0 aliphatic carbocycles. The Morgan fingerprint density at radius 3 is 2.35 bits per heavy atom. The molecule has 0 unspecified atom stereocenters. The molecule has 0 atom stereocenters. The number of unbranched alkanes of at least 4 members (excludes halogenated alkanes) is 2. The fraction of sp³-hybridized carbons (Fsp3) is 0.786. The molecule has 0 heterocycles. The van der Waals surface area contributed by atoms with Gasteiger partial charge in [-0.1, -0.05) is 26.8 Å². The van der Waals surface area contributed by atoms with Gasteiger partial charge in [-0.2, -0.15) is 5.26 Å². The van der Waals surface area contributed by atoms with E-state index in [0.717, 1.165) is 31.4 Å². The molecule has 0 N–H and O–H groups in total. The summed E-state index contributed by atoms with van der Waals surface area (Å²) in [5.74, 6) is 0. The molecule has 0 aromatic rings. The van der Waals surface area contributed by atoms with E-state index in [1.807, 2.05) is 13.0 Å². The summed E-state index contributed by atoms with van der Waals surface area (Å²) in [6.45, 7) is 14.1. The van der Waals surface area contributed by atoms with Gasteiger partial charge in [0.25, 0.3) is 0 Å². The van der Waals surface area contributed by atoms with Gasteiger partial charge in [0.1, 0.15) is 0 Å². The van der Waals surface area contributed by atoms with Gasteiger partial charge in [0.05, 0.1) is 6.07 Å². The Morgan fingerprint density at radius 1 is 1.29 bits per heavy atom. The predicted octanol–water partition coefficient (Wildman–Crippen LogP) is 4.65. The number of hydrogen-bond donors (Lipinski definition) is 0. The highest BCUT2D eigenvalue weighted by Gasteiger charge is 2.36. The SMILES string of the molecule is CC(C#N)=CCCCCO[Si](C)(C)C(C)(C)C. The van der Waals surface area contributed by atoms with E-state index < -0.39 is 8.32 Å². The van der Waals surface area contributed by atoms with Crippen LogP contribution in [0.25, 0.3) is 0 Å². The van der Waals surface area contributed by atoms with Crippen molar-refractivity contribution in [1.82, 2.24) is 0 Å². The van der Waals surface area contributed by atoms with Gasteiger partial charge in [0, 0.05) is 12.2 Å². The second-order valence-electron chi connectivity index (χ2n) is 6.10. The Kier molecular flexibility index (Phi) is 6.73. The molecule has 0 aromatic carbocycles. The monoisotopic (exact) mass is 253 g/mol. The largest absolute Gasteiger partial charge is 0.417 e. The van der Waals surface area contributed by atoms with Crippen LogP contribution in [0.15, 0.2) is 11.6 Å². The molecular formula is C14H27NOSi. The van der Waals surface area contributed by atoms with Gasteiger partial charge in [-0.25, -0.2) is 0 Å². The minimum atomic E-state index is -1.56. The van der Waals surface area contributed by atoms with Crippen molar-refractivity contribution in [3.05, 3.63) is 11.6 Å². The fourth-order valence-corrected chi connectivity index (χ4v) is 2.24. The summed E-state index contributed by atoms with van der Waals surface area (Å²) in [5.41, 5.74) is 0.815. The lowest BCUT2D eigenvalue weighted by atomic mass is 10.2. The van der Waals surface area contributed by atoms with E-state index in [-0.39, 0.29) is 0 Å². The molecule has 0 aromatic heterocycles. The van der Waals surface area contributed by atoms with Crippen LogP contribution in [-0.4, -0.2) is 14.9 Å². The van der Waals surface area contributed by atoms with Crippen molar-refractivity contribution >= 4 is 8.32 Å². The summed E-state index contributed by atoms with van der Waals surface area (Å²) in [6.07, 6.45) is 5.18. The number of hydrogen-bond acceptors (Lipinski definition) is 2. The Bertz CT molecular complexity index is 294. The van der Waals surface area contributed by atoms with Gasteiger partial charge in [0.15, 0.2) is 8.32 Å². The Hall–Kier alpha value is -0.593. The normalized spacial score (nSPS) is 13.6. The quantitative estimate of drug-likeness (QED) is 0.392. The van der Waals surface area contributed by atoms with Crippen molar-refractivity contribution in [3.8, 4) is 6.07 Å². The molecule has 0 aliphatic rings. The first-order valence-electron chi connectivity index (χ1n) is 6.41. The van der Waals surface area contributed by atoms with Crippen LogP contribution in [0.2, 0.25) is 18.1 Å². The molecule has 2 nitrogen and oxygen atoms in total. The number of allylic oxidation sites excluding steroid dienone is 2. The highest BCUT2D eigenvalue weighted by Crippen LogP contribution is 2.36. The van der Waals surface area contributed by atoms with Gasteiger partial charge in [0.2, 0.25) is 0 Å². The van der Waals surface area contributed by atoms with Gasteiger partial charge in [-0.05, 0) is 44.3 Å². The minimum Gasteiger partial charge on any atom is -0.417 e. The van der Waals surface area contributed by atoms with Crippen LogP contribution in [0.1, 0.15) is 47.0 Å². The van der Waals surface area contributed by atoms with Crippen molar-refractivity contribution in [1.29, 1.82) is 5.26 Å². The molecule has 3 heteroatoms.